The van der Waals surface area contributed by atoms with Gasteiger partial charge in [0.15, 0.2) is 0 Å². The molecule has 23 heavy (non-hydrogen) atoms. The summed E-state index contributed by atoms with van der Waals surface area (Å²) in [4.78, 5) is 2.42. The molecule has 0 bridgehead atoms. The number of nitrogens with zero attached hydrogens (tertiary/aromatic N) is 1. The van der Waals surface area contributed by atoms with Crippen LogP contribution in [0.5, 0.6) is 0 Å². The van der Waals surface area contributed by atoms with E-state index in [9.17, 15) is 0 Å². The van der Waals surface area contributed by atoms with Crippen LogP contribution in [0.3, 0.4) is 0 Å². The minimum Gasteiger partial charge on any atom is -0.362 e. The summed E-state index contributed by atoms with van der Waals surface area (Å²) in [5, 5.41) is 0. The molecule has 1 aliphatic heterocycles. The fourth-order valence-electron chi connectivity index (χ4n) is 3.22. The van der Waals surface area contributed by atoms with E-state index in [1.807, 2.05) is 0 Å². The fourth-order valence-corrected chi connectivity index (χ4v) is 3.70. The summed E-state index contributed by atoms with van der Waals surface area (Å²) in [5.74, 6) is 0. The average Bonchev–Trinajstić information content (AvgIpc) is 2.57. The van der Waals surface area contributed by atoms with Gasteiger partial charge in [-0.15, -0.1) is 0 Å². The monoisotopic (exact) mass is 383 g/mol. The third-order valence-electron chi connectivity index (χ3n) is 4.78. The lowest BCUT2D eigenvalue weighted by atomic mass is 10.0. The van der Waals surface area contributed by atoms with E-state index in [0.29, 0.717) is 0 Å². The van der Waals surface area contributed by atoms with Crippen molar-refractivity contribution in [3.8, 4) is 0 Å². The molecule has 0 saturated carbocycles. The SMILES string of the molecule is CCCCCCCCCCCCCCCCN1CC=CC=C1Br. The Hall–Kier alpha value is -0.240. The second-order valence-electron chi connectivity index (χ2n) is 6.96. The second-order valence-corrected chi connectivity index (χ2v) is 7.77. The van der Waals surface area contributed by atoms with Crippen LogP contribution >= 0.6 is 15.9 Å². The Balaban J connectivity index is 1.75. The number of hydrogen-bond donors (Lipinski definition) is 0. The van der Waals surface area contributed by atoms with Gasteiger partial charge in [0.1, 0.15) is 0 Å². The van der Waals surface area contributed by atoms with Crippen molar-refractivity contribution >= 4 is 15.9 Å². The second kappa shape index (κ2) is 15.3. The van der Waals surface area contributed by atoms with E-state index in [1.165, 1.54) is 101 Å². The summed E-state index contributed by atoms with van der Waals surface area (Å²) in [6.45, 7) is 4.55. The molecule has 0 fully saturated rings. The zero-order valence-corrected chi connectivity index (χ0v) is 17.0. The standard InChI is InChI=1S/C21H38BrN/c1-2-3-4-5-6-7-8-9-10-11-12-13-14-16-19-23-20-17-15-18-21(23)22/h15,17-18H,2-14,16,19-20H2,1H3. The van der Waals surface area contributed by atoms with Crippen molar-refractivity contribution in [3.05, 3.63) is 22.8 Å². The molecule has 0 aromatic carbocycles. The minimum atomic E-state index is 1.07. The zero-order chi connectivity index (χ0) is 16.6. The Kier molecular flexibility index (Phi) is 13.8. The van der Waals surface area contributed by atoms with E-state index >= 15 is 0 Å². The molecular weight excluding hydrogens is 346 g/mol. The summed E-state index contributed by atoms with van der Waals surface area (Å²) >= 11 is 3.63. The summed E-state index contributed by atoms with van der Waals surface area (Å²) in [7, 11) is 0. The largest absolute Gasteiger partial charge is 0.362 e. The van der Waals surface area contributed by atoms with Gasteiger partial charge in [0.25, 0.3) is 0 Å². The van der Waals surface area contributed by atoms with Crippen LogP contribution in [-0.2, 0) is 0 Å². The predicted molar refractivity (Wildman–Crippen MR) is 108 cm³/mol. The van der Waals surface area contributed by atoms with E-state index in [0.717, 1.165) is 6.54 Å². The number of rotatable bonds is 15. The Bertz CT molecular complexity index is 322. The average molecular weight is 384 g/mol. The molecule has 1 nitrogen and oxygen atoms in total. The maximum atomic E-state index is 3.63. The molecule has 0 amide bonds. The molecule has 1 aliphatic rings. The van der Waals surface area contributed by atoms with Crippen molar-refractivity contribution < 1.29 is 0 Å². The highest BCUT2D eigenvalue weighted by Crippen LogP contribution is 2.18. The van der Waals surface area contributed by atoms with Crippen molar-refractivity contribution in [2.24, 2.45) is 0 Å². The molecule has 0 aliphatic carbocycles. The van der Waals surface area contributed by atoms with E-state index in [4.69, 9.17) is 0 Å². The molecule has 0 unspecified atom stereocenters. The van der Waals surface area contributed by atoms with Gasteiger partial charge in [0.05, 0.1) is 4.61 Å². The lowest BCUT2D eigenvalue weighted by Crippen LogP contribution is -2.23. The Morgan fingerprint density at radius 1 is 0.783 bits per heavy atom. The van der Waals surface area contributed by atoms with Gasteiger partial charge in [-0.05, 0) is 28.4 Å². The van der Waals surface area contributed by atoms with Crippen LogP contribution in [0, 0.1) is 0 Å². The topological polar surface area (TPSA) is 3.24 Å². The molecule has 0 atom stereocenters. The van der Waals surface area contributed by atoms with E-state index in [2.05, 4.69) is 46.0 Å². The van der Waals surface area contributed by atoms with Crippen molar-refractivity contribution in [2.75, 3.05) is 13.1 Å². The van der Waals surface area contributed by atoms with Crippen LogP contribution in [0.25, 0.3) is 0 Å². The molecule has 134 valence electrons. The number of unbranched alkanes of at least 4 members (excludes halogenated alkanes) is 13. The summed E-state index contributed by atoms with van der Waals surface area (Å²) < 4.78 is 1.25. The minimum absolute atomic E-state index is 1.07. The van der Waals surface area contributed by atoms with E-state index in [1.54, 1.807) is 0 Å². The molecule has 1 rings (SSSR count). The number of allylic oxidation sites excluding steroid dienone is 2. The van der Waals surface area contributed by atoms with Gasteiger partial charge in [-0.2, -0.15) is 0 Å². The first kappa shape index (κ1) is 20.8. The van der Waals surface area contributed by atoms with Crippen LogP contribution in [-0.4, -0.2) is 18.0 Å². The van der Waals surface area contributed by atoms with E-state index < -0.39 is 0 Å². The van der Waals surface area contributed by atoms with Gasteiger partial charge < -0.3 is 4.90 Å². The van der Waals surface area contributed by atoms with Gasteiger partial charge in [-0.25, -0.2) is 0 Å². The zero-order valence-electron chi connectivity index (χ0n) is 15.4. The van der Waals surface area contributed by atoms with Crippen molar-refractivity contribution in [1.29, 1.82) is 0 Å². The first-order valence-electron chi connectivity index (χ1n) is 10.1. The van der Waals surface area contributed by atoms with Gasteiger partial charge >= 0.3 is 0 Å². The summed E-state index contributed by atoms with van der Waals surface area (Å²) in [5.41, 5.74) is 0. The summed E-state index contributed by atoms with van der Waals surface area (Å²) in [6, 6.07) is 0. The predicted octanol–water partition coefficient (Wildman–Crippen LogP) is 7.58. The fraction of sp³-hybridized carbons (Fsp3) is 0.810. The number of halogens is 1. The molecule has 0 aromatic rings. The molecule has 2 heteroatoms. The summed E-state index contributed by atoms with van der Waals surface area (Å²) in [6.07, 6.45) is 26.6. The van der Waals surface area contributed by atoms with Crippen LogP contribution in [0.1, 0.15) is 96.8 Å². The van der Waals surface area contributed by atoms with E-state index in [-0.39, 0.29) is 0 Å². The molecule has 1 heterocycles. The van der Waals surface area contributed by atoms with Gasteiger partial charge in [0, 0.05) is 13.1 Å². The first-order chi connectivity index (χ1) is 11.3. The molecule has 0 radical (unpaired) electrons. The number of hydrogen-bond acceptors (Lipinski definition) is 1. The Morgan fingerprint density at radius 2 is 1.26 bits per heavy atom. The maximum absolute atomic E-state index is 3.63. The highest BCUT2D eigenvalue weighted by Gasteiger charge is 2.06. The molecule has 0 aromatic heterocycles. The molecule has 0 spiro atoms. The Morgan fingerprint density at radius 3 is 1.74 bits per heavy atom. The van der Waals surface area contributed by atoms with Crippen LogP contribution in [0.15, 0.2) is 22.8 Å². The van der Waals surface area contributed by atoms with Crippen molar-refractivity contribution in [2.45, 2.75) is 96.8 Å². The van der Waals surface area contributed by atoms with Crippen molar-refractivity contribution in [3.63, 3.8) is 0 Å². The lowest BCUT2D eigenvalue weighted by Gasteiger charge is -2.24. The lowest BCUT2D eigenvalue weighted by molar-refractivity contribution is 0.385. The first-order valence-corrected chi connectivity index (χ1v) is 10.9. The van der Waals surface area contributed by atoms with Crippen LogP contribution in [0.4, 0.5) is 0 Å². The van der Waals surface area contributed by atoms with Crippen molar-refractivity contribution in [1.82, 2.24) is 4.90 Å². The third kappa shape index (κ3) is 11.9. The van der Waals surface area contributed by atoms with Gasteiger partial charge in [-0.1, -0.05) is 103 Å². The third-order valence-corrected chi connectivity index (χ3v) is 5.55. The maximum Gasteiger partial charge on any atom is 0.0808 e. The molecule has 0 saturated heterocycles. The Labute approximate surface area is 153 Å². The molecular formula is C21H38BrN. The highest BCUT2D eigenvalue weighted by atomic mass is 79.9. The van der Waals surface area contributed by atoms with Gasteiger partial charge in [0.2, 0.25) is 0 Å². The van der Waals surface area contributed by atoms with Crippen LogP contribution in [0.2, 0.25) is 0 Å². The smallest absolute Gasteiger partial charge is 0.0808 e. The van der Waals surface area contributed by atoms with Gasteiger partial charge in [-0.3, -0.25) is 0 Å². The van der Waals surface area contributed by atoms with Crippen LogP contribution < -0.4 is 0 Å². The normalized spacial score (nSPS) is 14.3. The highest BCUT2D eigenvalue weighted by molar-refractivity contribution is 9.11. The molecule has 0 N–H and O–H groups in total. The quantitative estimate of drug-likeness (QED) is 0.208.